The first-order valence-electron chi connectivity index (χ1n) is 5.12. The predicted molar refractivity (Wildman–Crippen MR) is 67.6 cm³/mol. The van der Waals surface area contributed by atoms with Crippen molar-refractivity contribution in [2.75, 3.05) is 12.8 Å². The van der Waals surface area contributed by atoms with Crippen LogP contribution in [0.4, 0.5) is 0 Å². The smallest absolute Gasteiger partial charge is 0.193 e. The Morgan fingerprint density at radius 2 is 2.20 bits per heavy atom. The summed E-state index contributed by atoms with van der Waals surface area (Å²) in [6.45, 7) is 4.46. The first-order chi connectivity index (χ1) is 7.13. The van der Waals surface area contributed by atoms with Gasteiger partial charge >= 0.3 is 0 Å². The van der Waals surface area contributed by atoms with Gasteiger partial charge in [-0.2, -0.15) is 11.8 Å². The molecule has 1 aromatic heterocycles. The van der Waals surface area contributed by atoms with Gasteiger partial charge < -0.3 is 9.73 Å². The predicted octanol–water partition coefficient (Wildman–Crippen LogP) is 3.41. The number of hydrogen-bond donors (Lipinski definition) is 1. The highest BCUT2D eigenvalue weighted by Crippen LogP contribution is 2.20. The fourth-order valence-corrected chi connectivity index (χ4v) is 2.77. The summed E-state index contributed by atoms with van der Waals surface area (Å²) in [5, 5.41) is 3.79. The molecule has 0 bridgehead atoms. The molecule has 15 heavy (non-hydrogen) atoms. The van der Waals surface area contributed by atoms with Crippen molar-refractivity contribution in [2.45, 2.75) is 25.6 Å². The maximum absolute atomic E-state index is 5.69. The summed E-state index contributed by atoms with van der Waals surface area (Å²) < 4.78 is 5.28. The van der Waals surface area contributed by atoms with Crippen LogP contribution in [0, 0.1) is 5.92 Å². The van der Waals surface area contributed by atoms with E-state index in [2.05, 4.69) is 19.2 Å². The van der Waals surface area contributed by atoms with Crippen LogP contribution in [0.25, 0.3) is 0 Å². The van der Waals surface area contributed by atoms with Crippen molar-refractivity contribution in [1.82, 2.24) is 5.32 Å². The van der Waals surface area contributed by atoms with Crippen molar-refractivity contribution in [1.29, 1.82) is 0 Å². The van der Waals surface area contributed by atoms with Gasteiger partial charge in [-0.25, -0.2) is 0 Å². The molecule has 1 unspecified atom stereocenters. The van der Waals surface area contributed by atoms with E-state index in [9.17, 15) is 0 Å². The van der Waals surface area contributed by atoms with Gasteiger partial charge in [-0.1, -0.05) is 13.8 Å². The van der Waals surface area contributed by atoms with Crippen LogP contribution in [0.5, 0.6) is 0 Å². The van der Waals surface area contributed by atoms with E-state index in [1.165, 1.54) is 0 Å². The second-order valence-corrected chi connectivity index (χ2v) is 5.26. The average molecular weight is 248 g/mol. The molecule has 1 heterocycles. The number of halogens is 1. The van der Waals surface area contributed by atoms with Crippen LogP contribution >= 0.6 is 23.4 Å². The Labute approximate surface area is 101 Å². The van der Waals surface area contributed by atoms with E-state index in [1.54, 1.807) is 6.07 Å². The maximum atomic E-state index is 5.69. The van der Waals surface area contributed by atoms with Gasteiger partial charge in [0.1, 0.15) is 5.76 Å². The molecule has 0 spiro atoms. The van der Waals surface area contributed by atoms with Crippen LogP contribution in [0.1, 0.15) is 19.6 Å². The molecule has 0 aliphatic heterocycles. The van der Waals surface area contributed by atoms with Crippen molar-refractivity contribution in [2.24, 2.45) is 5.92 Å². The Morgan fingerprint density at radius 1 is 1.47 bits per heavy atom. The molecular formula is C11H18ClNOS. The molecule has 1 aromatic rings. The lowest BCUT2D eigenvalue weighted by Crippen LogP contribution is -2.32. The lowest BCUT2D eigenvalue weighted by atomic mass is 10.1. The van der Waals surface area contributed by atoms with Crippen LogP contribution in [0.2, 0.25) is 5.22 Å². The standard InChI is InChI=1S/C11H18ClNOS/c1-8(2)10(13-3)7-15-6-9-4-5-11(12)14-9/h4-5,8,10,13H,6-7H2,1-3H3. The monoisotopic (exact) mass is 247 g/mol. The van der Waals surface area contributed by atoms with Gasteiger partial charge in [0.2, 0.25) is 0 Å². The topological polar surface area (TPSA) is 25.2 Å². The highest BCUT2D eigenvalue weighted by atomic mass is 35.5. The lowest BCUT2D eigenvalue weighted by molar-refractivity contribution is 0.465. The molecule has 0 radical (unpaired) electrons. The molecule has 0 saturated heterocycles. The summed E-state index contributed by atoms with van der Waals surface area (Å²) in [4.78, 5) is 0. The second-order valence-electron chi connectivity index (χ2n) is 3.86. The van der Waals surface area contributed by atoms with Gasteiger partial charge in [0.25, 0.3) is 0 Å². The summed E-state index contributed by atoms with van der Waals surface area (Å²) in [7, 11) is 2.01. The number of furan rings is 1. The van der Waals surface area contributed by atoms with Crippen molar-refractivity contribution in [3.8, 4) is 0 Å². The minimum Gasteiger partial charge on any atom is -0.449 e. The second kappa shape index (κ2) is 6.46. The van der Waals surface area contributed by atoms with Crippen LogP contribution in [-0.2, 0) is 5.75 Å². The zero-order valence-corrected chi connectivity index (χ0v) is 11.0. The fourth-order valence-electron chi connectivity index (χ4n) is 1.32. The Bertz CT molecular complexity index is 288. The summed E-state index contributed by atoms with van der Waals surface area (Å²) in [5.74, 6) is 3.58. The number of thioether (sulfide) groups is 1. The van der Waals surface area contributed by atoms with Crippen molar-refractivity contribution < 1.29 is 4.42 Å². The first kappa shape index (κ1) is 12.9. The molecule has 4 heteroatoms. The Morgan fingerprint density at radius 3 is 2.67 bits per heavy atom. The molecule has 1 atom stereocenters. The molecule has 0 aliphatic rings. The normalized spacial score (nSPS) is 13.4. The number of hydrogen-bond acceptors (Lipinski definition) is 3. The van der Waals surface area contributed by atoms with Crippen molar-refractivity contribution >= 4 is 23.4 Å². The van der Waals surface area contributed by atoms with Gasteiger partial charge in [-0.05, 0) is 36.7 Å². The van der Waals surface area contributed by atoms with E-state index in [4.69, 9.17) is 16.0 Å². The van der Waals surface area contributed by atoms with E-state index in [-0.39, 0.29) is 0 Å². The molecule has 0 saturated carbocycles. The Balaban J connectivity index is 2.26. The van der Waals surface area contributed by atoms with E-state index in [0.29, 0.717) is 17.2 Å². The highest BCUT2D eigenvalue weighted by Gasteiger charge is 2.10. The summed E-state index contributed by atoms with van der Waals surface area (Å²) in [6, 6.07) is 4.27. The highest BCUT2D eigenvalue weighted by molar-refractivity contribution is 7.98. The first-order valence-corrected chi connectivity index (χ1v) is 6.66. The molecule has 0 fully saturated rings. The molecule has 0 aromatic carbocycles. The van der Waals surface area contributed by atoms with E-state index < -0.39 is 0 Å². The molecule has 0 amide bonds. The van der Waals surface area contributed by atoms with E-state index in [1.807, 2.05) is 24.9 Å². The minimum atomic E-state index is 0.472. The Hall–Kier alpha value is -0.120. The molecule has 86 valence electrons. The zero-order chi connectivity index (χ0) is 11.3. The van der Waals surface area contributed by atoms with Crippen LogP contribution in [0.3, 0.4) is 0 Å². The zero-order valence-electron chi connectivity index (χ0n) is 9.42. The summed E-state index contributed by atoms with van der Waals surface area (Å²) >= 11 is 7.56. The summed E-state index contributed by atoms with van der Waals surface area (Å²) in [5.41, 5.74) is 0. The third-order valence-electron chi connectivity index (χ3n) is 2.35. The third-order valence-corrected chi connectivity index (χ3v) is 3.63. The van der Waals surface area contributed by atoms with E-state index >= 15 is 0 Å². The third kappa shape index (κ3) is 4.49. The van der Waals surface area contributed by atoms with Gasteiger partial charge in [-0.15, -0.1) is 0 Å². The average Bonchev–Trinajstić information content (AvgIpc) is 2.58. The van der Waals surface area contributed by atoms with Gasteiger partial charge in [-0.3, -0.25) is 0 Å². The van der Waals surface area contributed by atoms with Crippen molar-refractivity contribution in [3.63, 3.8) is 0 Å². The number of rotatable bonds is 6. The molecule has 2 nitrogen and oxygen atoms in total. The van der Waals surface area contributed by atoms with Crippen LogP contribution in [-0.4, -0.2) is 18.8 Å². The molecular weight excluding hydrogens is 230 g/mol. The minimum absolute atomic E-state index is 0.472. The largest absolute Gasteiger partial charge is 0.449 e. The number of nitrogens with one attached hydrogen (secondary N) is 1. The van der Waals surface area contributed by atoms with Gasteiger partial charge in [0.05, 0.1) is 5.75 Å². The molecule has 0 aliphatic carbocycles. The van der Waals surface area contributed by atoms with Gasteiger partial charge in [0, 0.05) is 11.8 Å². The fraction of sp³-hybridized carbons (Fsp3) is 0.636. The Kier molecular flexibility index (Phi) is 5.58. The molecule has 1 rings (SSSR count). The quantitative estimate of drug-likeness (QED) is 0.834. The van der Waals surface area contributed by atoms with E-state index in [0.717, 1.165) is 17.3 Å². The van der Waals surface area contributed by atoms with Gasteiger partial charge in [0.15, 0.2) is 5.22 Å². The lowest BCUT2D eigenvalue weighted by Gasteiger charge is -2.19. The van der Waals surface area contributed by atoms with Crippen LogP contribution in [0.15, 0.2) is 16.5 Å². The SMILES string of the molecule is CNC(CSCc1ccc(Cl)o1)C(C)C. The maximum Gasteiger partial charge on any atom is 0.193 e. The molecule has 1 N–H and O–H groups in total. The van der Waals surface area contributed by atoms with Crippen molar-refractivity contribution in [3.05, 3.63) is 23.1 Å². The summed E-state index contributed by atoms with van der Waals surface area (Å²) in [6.07, 6.45) is 0. The van der Waals surface area contributed by atoms with Crippen LogP contribution < -0.4 is 5.32 Å².